The Morgan fingerprint density at radius 3 is 2.10 bits per heavy atom. The lowest BCUT2D eigenvalue weighted by Gasteiger charge is -2.07. The first-order valence-electron chi connectivity index (χ1n) is 5.39. The van der Waals surface area contributed by atoms with Crippen molar-refractivity contribution in [2.75, 3.05) is 0 Å². The molecule has 0 N–H and O–H groups in total. The monoisotopic (exact) mass is 307 g/mol. The number of halogens is 5. The fraction of sp³-hybridized carbons (Fsp3) is 0.182. The third-order valence-corrected chi connectivity index (χ3v) is 2.60. The minimum Gasteiger partial charge on any atom is -0.258 e. The first kappa shape index (κ1) is 14.9. The van der Waals surface area contributed by atoms with Gasteiger partial charge in [0.05, 0.1) is 17.1 Å². The van der Waals surface area contributed by atoms with Gasteiger partial charge in [0.15, 0.2) is 17.3 Å². The maximum absolute atomic E-state index is 13.8. The fourth-order valence-electron chi connectivity index (χ4n) is 1.70. The molecule has 0 fully saturated rings. The molecule has 0 radical (unpaired) electrons. The van der Waals surface area contributed by atoms with Gasteiger partial charge in [-0.3, -0.25) is 10.1 Å². The van der Waals surface area contributed by atoms with E-state index in [9.17, 15) is 32.1 Å². The molecule has 21 heavy (non-hydrogen) atoms. The second-order valence-electron chi connectivity index (χ2n) is 4.10. The van der Waals surface area contributed by atoms with Gasteiger partial charge in [-0.1, -0.05) is 0 Å². The van der Waals surface area contributed by atoms with Crippen molar-refractivity contribution in [1.82, 2.24) is 9.78 Å². The number of hydrogen-bond acceptors (Lipinski definition) is 3. The molecule has 2 aromatic rings. The van der Waals surface area contributed by atoms with Gasteiger partial charge in [0, 0.05) is 5.69 Å². The lowest BCUT2D eigenvalue weighted by atomic mass is 10.2. The van der Waals surface area contributed by atoms with E-state index in [2.05, 4.69) is 5.10 Å². The summed E-state index contributed by atoms with van der Waals surface area (Å²) in [6, 6.07) is 1.43. The van der Waals surface area contributed by atoms with Crippen molar-refractivity contribution < 1.29 is 26.9 Å². The minimum absolute atomic E-state index is 0.172. The molecule has 0 unspecified atom stereocenters. The topological polar surface area (TPSA) is 61.0 Å². The molecule has 0 saturated heterocycles. The molecule has 0 aliphatic rings. The summed E-state index contributed by atoms with van der Waals surface area (Å²) in [5.74, 6) is -2.77. The van der Waals surface area contributed by atoms with Gasteiger partial charge in [-0.25, -0.2) is 13.5 Å². The highest BCUT2D eigenvalue weighted by molar-refractivity contribution is 5.44. The summed E-state index contributed by atoms with van der Waals surface area (Å²) >= 11 is 0. The molecule has 0 spiro atoms. The third-order valence-electron chi connectivity index (χ3n) is 2.60. The summed E-state index contributed by atoms with van der Waals surface area (Å²) in [5.41, 5.74) is -3.26. The Hall–Kier alpha value is -2.52. The zero-order valence-corrected chi connectivity index (χ0v) is 10.3. The van der Waals surface area contributed by atoms with Crippen LogP contribution < -0.4 is 0 Å². The highest BCUT2D eigenvalue weighted by atomic mass is 19.4. The Bertz CT molecular complexity index is 700. The summed E-state index contributed by atoms with van der Waals surface area (Å²) in [4.78, 5) is 9.44. The van der Waals surface area contributed by atoms with Crippen molar-refractivity contribution in [3.05, 3.63) is 51.3 Å². The number of alkyl halides is 3. The normalized spacial score (nSPS) is 11.7. The molecule has 0 aliphatic heterocycles. The highest BCUT2D eigenvalue weighted by Gasteiger charge is 2.35. The first-order chi connectivity index (χ1) is 9.61. The van der Waals surface area contributed by atoms with Gasteiger partial charge < -0.3 is 0 Å². The highest BCUT2D eigenvalue weighted by Crippen LogP contribution is 2.31. The number of aromatic nitrogens is 2. The molecule has 1 heterocycles. The smallest absolute Gasteiger partial charge is 0.258 e. The van der Waals surface area contributed by atoms with Crippen LogP contribution >= 0.6 is 0 Å². The fourth-order valence-corrected chi connectivity index (χ4v) is 1.70. The van der Waals surface area contributed by atoms with Crippen LogP contribution in [0.1, 0.15) is 11.4 Å². The number of rotatable bonds is 2. The molecule has 1 aromatic carbocycles. The van der Waals surface area contributed by atoms with Crippen molar-refractivity contribution in [3.8, 4) is 5.69 Å². The molecule has 0 atom stereocenters. The van der Waals surface area contributed by atoms with E-state index in [-0.39, 0.29) is 5.69 Å². The van der Waals surface area contributed by atoms with Crippen molar-refractivity contribution in [2.45, 2.75) is 13.1 Å². The van der Waals surface area contributed by atoms with Crippen LogP contribution in [0.3, 0.4) is 0 Å². The lowest BCUT2D eigenvalue weighted by molar-refractivity contribution is -0.385. The summed E-state index contributed by atoms with van der Waals surface area (Å²) in [6.07, 6.45) is -4.77. The SMILES string of the molecule is Cc1cc(C(F)(F)F)nn1-c1c(F)cc([N+](=O)[O-])cc1F. The average Bonchev–Trinajstić information content (AvgIpc) is 2.70. The van der Waals surface area contributed by atoms with Crippen LogP contribution in [0.5, 0.6) is 0 Å². The zero-order chi connectivity index (χ0) is 15.9. The number of nitrogens with zero attached hydrogens (tertiary/aromatic N) is 3. The number of hydrogen-bond donors (Lipinski definition) is 0. The molecular weight excluding hydrogens is 301 g/mol. The Balaban J connectivity index is 2.63. The lowest BCUT2D eigenvalue weighted by Crippen LogP contribution is -2.10. The van der Waals surface area contributed by atoms with E-state index in [1.807, 2.05) is 0 Å². The maximum atomic E-state index is 13.8. The van der Waals surface area contributed by atoms with Crippen LogP contribution in [0.25, 0.3) is 5.69 Å². The Labute approximate surface area is 113 Å². The summed E-state index contributed by atoms with van der Waals surface area (Å²) < 4.78 is 65.5. The molecule has 10 heteroatoms. The molecule has 1 aromatic heterocycles. The van der Waals surface area contributed by atoms with Gasteiger partial charge in [0.1, 0.15) is 5.69 Å². The van der Waals surface area contributed by atoms with Gasteiger partial charge in [0.2, 0.25) is 0 Å². The molecule has 112 valence electrons. The second-order valence-corrected chi connectivity index (χ2v) is 4.10. The van der Waals surface area contributed by atoms with Crippen LogP contribution in [0.15, 0.2) is 18.2 Å². The molecule has 0 bridgehead atoms. The quantitative estimate of drug-likeness (QED) is 0.485. The Morgan fingerprint density at radius 1 is 1.19 bits per heavy atom. The van der Waals surface area contributed by atoms with Gasteiger partial charge in [-0.15, -0.1) is 0 Å². The maximum Gasteiger partial charge on any atom is 0.435 e. The van der Waals surface area contributed by atoms with Crippen LogP contribution in [-0.4, -0.2) is 14.7 Å². The Morgan fingerprint density at radius 2 is 1.71 bits per heavy atom. The van der Waals surface area contributed by atoms with E-state index in [4.69, 9.17) is 0 Å². The largest absolute Gasteiger partial charge is 0.435 e. The van der Waals surface area contributed by atoms with Crippen LogP contribution in [0.4, 0.5) is 27.6 Å². The van der Waals surface area contributed by atoms with Gasteiger partial charge in [0.25, 0.3) is 5.69 Å². The summed E-state index contributed by atoms with van der Waals surface area (Å²) in [6.45, 7) is 1.17. The number of nitro groups is 1. The number of benzene rings is 1. The van der Waals surface area contributed by atoms with Crippen LogP contribution in [-0.2, 0) is 6.18 Å². The van der Waals surface area contributed by atoms with Crippen molar-refractivity contribution in [2.24, 2.45) is 0 Å². The van der Waals surface area contributed by atoms with E-state index in [0.29, 0.717) is 22.9 Å². The molecule has 5 nitrogen and oxygen atoms in total. The predicted molar refractivity (Wildman–Crippen MR) is 59.9 cm³/mol. The standard InChI is InChI=1S/C11H6F5N3O2/c1-5-2-9(11(14,15)16)17-18(5)10-7(12)3-6(19(20)21)4-8(10)13/h2-4H,1H3. The summed E-state index contributed by atoms with van der Waals surface area (Å²) in [7, 11) is 0. The van der Waals surface area contributed by atoms with Crippen molar-refractivity contribution in [3.63, 3.8) is 0 Å². The number of nitro benzene ring substituents is 1. The Kier molecular flexibility index (Phi) is 3.39. The third kappa shape index (κ3) is 2.69. The van der Waals surface area contributed by atoms with Gasteiger partial charge >= 0.3 is 6.18 Å². The summed E-state index contributed by atoms with van der Waals surface area (Å²) in [5, 5.41) is 13.5. The van der Waals surface area contributed by atoms with Crippen molar-refractivity contribution in [1.29, 1.82) is 0 Å². The molecule has 0 amide bonds. The van der Waals surface area contributed by atoms with E-state index in [1.165, 1.54) is 6.92 Å². The van der Waals surface area contributed by atoms with Gasteiger partial charge in [-0.2, -0.15) is 18.3 Å². The van der Waals surface area contributed by atoms with E-state index < -0.39 is 39.8 Å². The van der Waals surface area contributed by atoms with Gasteiger partial charge in [-0.05, 0) is 13.0 Å². The first-order valence-corrected chi connectivity index (χ1v) is 5.39. The van der Waals surface area contributed by atoms with Crippen LogP contribution in [0.2, 0.25) is 0 Å². The second kappa shape index (κ2) is 4.79. The van der Waals surface area contributed by atoms with E-state index in [0.717, 1.165) is 0 Å². The van der Waals surface area contributed by atoms with Crippen LogP contribution in [0, 0.1) is 28.7 Å². The molecule has 0 saturated carbocycles. The molecule has 0 aliphatic carbocycles. The molecule has 2 rings (SSSR count). The minimum atomic E-state index is -4.77. The predicted octanol–water partition coefficient (Wildman–Crippen LogP) is 3.39. The number of non-ortho nitro benzene ring substituents is 1. The average molecular weight is 307 g/mol. The van der Waals surface area contributed by atoms with E-state index >= 15 is 0 Å². The zero-order valence-electron chi connectivity index (χ0n) is 10.3. The van der Waals surface area contributed by atoms with Crippen molar-refractivity contribution >= 4 is 5.69 Å². The van der Waals surface area contributed by atoms with E-state index in [1.54, 1.807) is 0 Å². The molecular formula is C11H6F5N3O2. The number of aryl methyl sites for hydroxylation is 1.